The Kier molecular flexibility index (Phi) is 45.5. The predicted octanol–water partition coefficient (Wildman–Crippen LogP) is 17.5. The molecule has 0 aliphatic carbocycles. The Morgan fingerprint density at radius 3 is 0.860 bits per heavy atom. The number of hydrogen-bond acceptors (Lipinski definition) is 2. The highest BCUT2D eigenvalue weighted by Crippen LogP contribution is 2.17. The van der Waals surface area contributed by atoms with E-state index in [-0.39, 0.29) is 5.97 Å². The molecular formula is C48H94O2. The first-order chi connectivity index (χ1) is 24.8. The van der Waals surface area contributed by atoms with Crippen LogP contribution < -0.4 is 0 Å². The zero-order valence-electron chi connectivity index (χ0n) is 34.9. The van der Waals surface area contributed by atoms with Gasteiger partial charge in [0.15, 0.2) is 0 Å². The van der Waals surface area contributed by atoms with E-state index in [2.05, 4.69) is 26.0 Å². The van der Waals surface area contributed by atoms with Crippen molar-refractivity contribution in [1.82, 2.24) is 0 Å². The average molecular weight is 703 g/mol. The fourth-order valence-electron chi connectivity index (χ4n) is 7.37. The Morgan fingerprint density at radius 2 is 0.560 bits per heavy atom. The second-order valence-electron chi connectivity index (χ2n) is 16.1. The molecule has 0 saturated heterocycles. The molecule has 0 aromatic carbocycles. The first kappa shape index (κ1) is 49.2. The predicted molar refractivity (Wildman–Crippen MR) is 225 cm³/mol. The average Bonchev–Trinajstić information content (AvgIpc) is 3.12. The summed E-state index contributed by atoms with van der Waals surface area (Å²) >= 11 is 0. The van der Waals surface area contributed by atoms with E-state index < -0.39 is 0 Å². The minimum absolute atomic E-state index is 0.0253. The molecule has 0 amide bonds. The maximum absolute atomic E-state index is 12.0. The van der Waals surface area contributed by atoms with Crippen LogP contribution in [-0.4, -0.2) is 12.6 Å². The molecule has 298 valence electrons. The first-order valence-corrected chi connectivity index (χ1v) is 23.6. The van der Waals surface area contributed by atoms with Gasteiger partial charge < -0.3 is 4.74 Å². The van der Waals surface area contributed by atoms with E-state index in [1.54, 1.807) is 0 Å². The van der Waals surface area contributed by atoms with Crippen molar-refractivity contribution in [2.45, 2.75) is 284 Å². The van der Waals surface area contributed by atoms with Crippen molar-refractivity contribution in [2.75, 3.05) is 6.61 Å². The lowest BCUT2D eigenvalue weighted by Gasteiger charge is -2.06. The summed E-state index contributed by atoms with van der Waals surface area (Å²) in [5.41, 5.74) is 0. The highest BCUT2D eigenvalue weighted by molar-refractivity contribution is 5.69. The second-order valence-corrected chi connectivity index (χ2v) is 16.1. The fraction of sp³-hybridized carbons (Fsp3) is 0.938. The molecule has 0 radical (unpaired) electrons. The van der Waals surface area contributed by atoms with Crippen LogP contribution in [0.2, 0.25) is 0 Å². The molecule has 0 aromatic rings. The molecule has 0 aliphatic rings. The smallest absolute Gasteiger partial charge is 0.305 e. The van der Waals surface area contributed by atoms with Gasteiger partial charge >= 0.3 is 5.97 Å². The van der Waals surface area contributed by atoms with E-state index in [4.69, 9.17) is 4.74 Å². The quantitative estimate of drug-likeness (QED) is 0.0359. The van der Waals surface area contributed by atoms with Crippen LogP contribution in [0, 0.1) is 0 Å². The molecule has 2 heteroatoms. The Labute approximate surface area is 316 Å². The van der Waals surface area contributed by atoms with Gasteiger partial charge in [-0.2, -0.15) is 0 Å². The number of esters is 1. The van der Waals surface area contributed by atoms with Crippen molar-refractivity contribution in [3.8, 4) is 0 Å². The number of hydrogen-bond donors (Lipinski definition) is 0. The fourth-order valence-corrected chi connectivity index (χ4v) is 7.37. The van der Waals surface area contributed by atoms with Crippen molar-refractivity contribution in [3.05, 3.63) is 12.2 Å². The summed E-state index contributed by atoms with van der Waals surface area (Å²) in [6.07, 6.45) is 61.9. The Morgan fingerprint density at radius 1 is 0.320 bits per heavy atom. The largest absolute Gasteiger partial charge is 0.466 e. The van der Waals surface area contributed by atoms with Crippen molar-refractivity contribution in [1.29, 1.82) is 0 Å². The van der Waals surface area contributed by atoms with Gasteiger partial charge in [0.2, 0.25) is 0 Å². The van der Waals surface area contributed by atoms with E-state index in [1.807, 2.05) is 0 Å². The van der Waals surface area contributed by atoms with Crippen LogP contribution in [0.25, 0.3) is 0 Å². The summed E-state index contributed by atoms with van der Waals surface area (Å²) in [4.78, 5) is 12.0. The number of carbonyl (C=O) groups is 1. The number of allylic oxidation sites excluding steroid dienone is 2. The third-order valence-electron chi connectivity index (χ3n) is 10.9. The van der Waals surface area contributed by atoms with Gasteiger partial charge in [0.1, 0.15) is 0 Å². The highest BCUT2D eigenvalue weighted by Gasteiger charge is 2.03. The molecule has 0 saturated carbocycles. The van der Waals surface area contributed by atoms with Crippen LogP contribution >= 0.6 is 0 Å². The minimum Gasteiger partial charge on any atom is -0.466 e. The van der Waals surface area contributed by atoms with E-state index >= 15 is 0 Å². The van der Waals surface area contributed by atoms with Crippen LogP contribution in [0.4, 0.5) is 0 Å². The van der Waals surface area contributed by atoms with Gasteiger partial charge in [-0.25, -0.2) is 0 Å². The van der Waals surface area contributed by atoms with Crippen LogP contribution in [0.1, 0.15) is 284 Å². The molecule has 2 nitrogen and oxygen atoms in total. The van der Waals surface area contributed by atoms with Crippen molar-refractivity contribution in [2.24, 2.45) is 0 Å². The Balaban J connectivity index is 3.16. The molecule has 0 bridgehead atoms. The molecule has 0 aliphatic heterocycles. The number of rotatable bonds is 44. The zero-order valence-corrected chi connectivity index (χ0v) is 34.9. The molecule has 0 aromatic heterocycles. The summed E-state index contributed by atoms with van der Waals surface area (Å²) in [6, 6.07) is 0. The second kappa shape index (κ2) is 46.2. The lowest BCUT2D eigenvalue weighted by molar-refractivity contribution is -0.143. The van der Waals surface area contributed by atoms with Gasteiger partial charge in [0.05, 0.1) is 6.61 Å². The van der Waals surface area contributed by atoms with Gasteiger partial charge in [-0.1, -0.05) is 251 Å². The molecule has 0 spiro atoms. The van der Waals surface area contributed by atoms with Gasteiger partial charge in [-0.3, -0.25) is 4.79 Å². The molecule has 0 rings (SSSR count). The summed E-state index contributed by atoms with van der Waals surface area (Å²) in [5, 5.41) is 0. The summed E-state index contributed by atoms with van der Waals surface area (Å²) in [6.45, 7) is 5.21. The number of unbranched alkanes of at least 4 members (excludes halogenated alkanes) is 38. The molecule has 0 atom stereocenters. The van der Waals surface area contributed by atoms with Crippen LogP contribution in [0.3, 0.4) is 0 Å². The van der Waals surface area contributed by atoms with Crippen molar-refractivity contribution >= 4 is 5.97 Å². The first-order valence-electron chi connectivity index (χ1n) is 23.6. The lowest BCUT2D eigenvalue weighted by Crippen LogP contribution is -2.05. The Bertz CT molecular complexity index is 640. The minimum atomic E-state index is 0.0253. The maximum atomic E-state index is 12.0. The van der Waals surface area contributed by atoms with Gasteiger partial charge in [-0.15, -0.1) is 0 Å². The molecule has 0 fully saturated rings. The maximum Gasteiger partial charge on any atom is 0.305 e. The van der Waals surface area contributed by atoms with Gasteiger partial charge in [0, 0.05) is 6.42 Å². The lowest BCUT2D eigenvalue weighted by atomic mass is 10.0. The van der Waals surface area contributed by atoms with Gasteiger partial charge in [0.25, 0.3) is 0 Å². The monoisotopic (exact) mass is 703 g/mol. The van der Waals surface area contributed by atoms with E-state index in [0.717, 1.165) is 12.8 Å². The van der Waals surface area contributed by atoms with Crippen LogP contribution in [0.5, 0.6) is 0 Å². The Hall–Kier alpha value is -0.790. The number of ether oxygens (including phenoxy) is 1. The normalized spacial score (nSPS) is 11.6. The number of carbonyl (C=O) groups excluding carboxylic acids is 1. The summed E-state index contributed by atoms with van der Waals surface area (Å²) < 4.78 is 5.47. The van der Waals surface area contributed by atoms with Crippen molar-refractivity contribution < 1.29 is 9.53 Å². The third kappa shape index (κ3) is 45.2. The third-order valence-corrected chi connectivity index (χ3v) is 10.9. The molecule has 0 heterocycles. The van der Waals surface area contributed by atoms with E-state index in [9.17, 15) is 4.79 Å². The van der Waals surface area contributed by atoms with Crippen molar-refractivity contribution in [3.63, 3.8) is 0 Å². The zero-order chi connectivity index (χ0) is 36.1. The van der Waals surface area contributed by atoms with E-state index in [0.29, 0.717) is 13.0 Å². The standard InChI is InChI=1S/C48H94O2/c1-3-5-7-9-11-13-15-17-19-21-22-23-24-25-26-27-28-29-30-31-32-34-36-38-40-42-44-46-48(49)50-47-45-43-41-39-37-35-33-20-18-16-14-12-10-8-6-4-2/h18,20H,3-17,19,21-47H2,1-2H3/b20-18-. The molecule has 0 unspecified atom stereocenters. The summed E-state index contributed by atoms with van der Waals surface area (Å²) in [7, 11) is 0. The highest BCUT2D eigenvalue weighted by atomic mass is 16.5. The molecule has 50 heavy (non-hydrogen) atoms. The van der Waals surface area contributed by atoms with Gasteiger partial charge in [-0.05, 0) is 38.5 Å². The topological polar surface area (TPSA) is 26.3 Å². The summed E-state index contributed by atoms with van der Waals surface area (Å²) in [5.74, 6) is 0.0253. The van der Waals surface area contributed by atoms with E-state index in [1.165, 1.54) is 250 Å². The van der Waals surface area contributed by atoms with Crippen LogP contribution in [-0.2, 0) is 9.53 Å². The molecule has 0 N–H and O–H groups in total. The SMILES string of the molecule is CCCCCCCC/C=C\CCCCCCCCOC(=O)CCCCCCCCCCCCCCCCCCCCCCCCCCCCC. The van der Waals surface area contributed by atoms with Crippen LogP contribution in [0.15, 0.2) is 12.2 Å². The molecular weight excluding hydrogens is 609 g/mol.